The van der Waals surface area contributed by atoms with Crippen LogP contribution in [0.3, 0.4) is 0 Å². The van der Waals surface area contributed by atoms with Gasteiger partial charge in [-0.15, -0.1) is 11.3 Å². The number of carboxylic acid groups (broad SMARTS) is 1. The molecule has 12 heteroatoms. The lowest BCUT2D eigenvalue weighted by atomic mass is 9.91. The first-order valence-electron chi connectivity index (χ1n) is 10.2. The SMILES string of the molecule is Cc1csc(CN2C[C@H]3[C@@H](CCOc4ccc(C#N)cn4)CO[C@H]3C2)n1.O=C(O)C(F)(F)F. The number of thiazole rings is 1. The number of alkyl halides is 3. The number of likely N-dealkylation sites (tertiary alicyclic amines) is 1. The number of rotatable bonds is 6. The summed E-state index contributed by atoms with van der Waals surface area (Å²) >= 11 is 1.74. The highest BCUT2D eigenvalue weighted by atomic mass is 32.1. The Morgan fingerprint density at radius 2 is 2.18 bits per heavy atom. The summed E-state index contributed by atoms with van der Waals surface area (Å²) in [6, 6.07) is 5.54. The number of nitriles is 1. The largest absolute Gasteiger partial charge is 0.490 e. The van der Waals surface area contributed by atoms with Crippen LogP contribution >= 0.6 is 11.3 Å². The van der Waals surface area contributed by atoms with Gasteiger partial charge in [-0.1, -0.05) is 0 Å². The second-order valence-electron chi connectivity index (χ2n) is 7.81. The first kappa shape index (κ1) is 24.9. The smallest absolute Gasteiger partial charge is 0.478 e. The molecule has 0 spiro atoms. The van der Waals surface area contributed by atoms with E-state index in [0.717, 1.165) is 38.4 Å². The first-order chi connectivity index (χ1) is 15.7. The molecular weight excluding hydrogens is 461 g/mol. The Morgan fingerprint density at radius 3 is 2.76 bits per heavy atom. The number of hydrogen-bond acceptors (Lipinski definition) is 8. The van der Waals surface area contributed by atoms with E-state index in [1.807, 2.05) is 6.92 Å². The predicted molar refractivity (Wildman–Crippen MR) is 112 cm³/mol. The van der Waals surface area contributed by atoms with Gasteiger partial charge in [0.1, 0.15) is 11.1 Å². The lowest BCUT2D eigenvalue weighted by molar-refractivity contribution is -0.192. The van der Waals surface area contributed by atoms with Crippen LogP contribution in [0, 0.1) is 30.1 Å². The summed E-state index contributed by atoms with van der Waals surface area (Å²) in [5.74, 6) is -1.07. The zero-order valence-electron chi connectivity index (χ0n) is 17.8. The molecule has 0 aliphatic carbocycles. The number of ether oxygens (including phenoxy) is 2. The fraction of sp³-hybridized carbons (Fsp3) is 0.524. The molecule has 2 aliphatic heterocycles. The van der Waals surface area contributed by atoms with E-state index < -0.39 is 12.1 Å². The summed E-state index contributed by atoms with van der Waals surface area (Å²) in [7, 11) is 0. The molecule has 178 valence electrons. The first-order valence-corrected chi connectivity index (χ1v) is 11.1. The fourth-order valence-electron chi connectivity index (χ4n) is 3.82. The van der Waals surface area contributed by atoms with Crippen LogP contribution in [0.1, 0.15) is 22.7 Å². The van der Waals surface area contributed by atoms with Crippen LogP contribution in [-0.2, 0) is 16.1 Å². The molecular formula is C21H23F3N4O4S. The lowest BCUT2D eigenvalue weighted by Crippen LogP contribution is -2.24. The van der Waals surface area contributed by atoms with Crippen molar-refractivity contribution in [3.05, 3.63) is 40.0 Å². The Labute approximate surface area is 192 Å². The van der Waals surface area contributed by atoms with Crippen molar-refractivity contribution in [1.29, 1.82) is 5.26 Å². The molecule has 0 unspecified atom stereocenters. The van der Waals surface area contributed by atoms with E-state index in [1.54, 1.807) is 29.7 Å². The summed E-state index contributed by atoms with van der Waals surface area (Å²) in [6.45, 7) is 6.49. The number of fused-ring (bicyclic) bond motifs is 1. The highest BCUT2D eigenvalue weighted by Crippen LogP contribution is 2.36. The number of pyridine rings is 1. The van der Waals surface area contributed by atoms with Crippen molar-refractivity contribution < 1.29 is 32.5 Å². The predicted octanol–water partition coefficient (Wildman–Crippen LogP) is 3.27. The van der Waals surface area contributed by atoms with Crippen molar-refractivity contribution in [2.75, 3.05) is 26.3 Å². The van der Waals surface area contributed by atoms with E-state index >= 15 is 0 Å². The highest BCUT2D eigenvalue weighted by Gasteiger charge is 2.43. The fourth-order valence-corrected chi connectivity index (χ4v) is 4.63. The van der Waals surface area contributed by atoms with E-state index in [2.05, 4.69) is 26.3 Å². The summed E-state index contributed by atoms with van der Waals surface area (Å²) in [4.78, 5) is 20.1. The van der Waals surface area contributed by atoms with Crippen molar-refractivity contribution in [3.63, 3.8) is 0 Å². The molecule has 4 rings (SSSR count). The molecule has 0 saturated carbocycles. The maximum atomic E-state index is 10.6. The number of halogens is 3. The van der Waals surface area contributed by atoms with Crippen LogP contribution in [0.25, 0.3) is 0 Å². The second-order valence-corrected chi connectivity index (χ2v) is 8.75. The Balaban J connectivity index is 0.000000383. The minimum atomic E-state index is -5.08. The summed E-state index contributed by atoms with van der Waals surface area (Å²) in [5, 5.41) is 19.2. The Morgan fingerprint density at radius 1 is 1.42 bits per heavy atom. The van der Waals surface area contributed by atoms with Gasteiger partial charge in [0.2, 0.25) is 5.88 Å². The van der Waals surface area contributed by atoms with Crippen molar-refractivity contribution >= 4 is 17.3 Å². The third-order valence-electron chi connectivity index (χ3n) is 5.39. The molecule has 2 aliphatic rings. The molecule has 2 saturated heterocycles. The van der Waals surface area contributed by atoms with Crippen molar-refractivity contribution in [1.82, 2.24) is 14.9 Å². The van der Waals surface area contributed by atoms with Gasteiger partial charge in [0.05, 0.1) is 31.4 Å². The minimum Gasteiger partial charge on any atom is -0.478 e. The molecule has 0 amide bonds. The van der Waals surface area contributed by atoms with Crippen molar-refractivity contribution in [2.45, 2.75) is 32.2 Å². The Bertz CT molecular complexity index is 977. The molecule has 33 heavy (non-hydrogen) atoms. The van der Waals surface area contributed by atoms with Gasteiger partial charge in [-0.25, -0.2) is 14.8 Å². The van der Waals surface area contributed by atoms with Crippen LogP contribution in [0.5, 0.6) is 5.88 Å². The van der Waals surface area contributed by atoms with E-state index in [4.69, 9.17) is 24.6 Å². The third-order valence-corrected chi connectivity index (χ3v) is 6.34. The van der Waals surface area contributed by atoms with Gasteiger partial charge in [-0.05, 0) is 25.3 Å². The van der Waals surface area contributed by atoms with Crippen LogP contribution in [0.4, 0.5) is 13.2 Å². The van der Waals surface area contributed by atoms with Crippen molar-refractivity contribution in [3.8, 4) is 11.9 Å². The van der Waals surface area contributed by atoms with Crippen LogP contribution in [-0.4, -0.2) is 64.5 Å². The molecule has 8 nitrogen and oxygen atoms in total. The monoisotopic (exact) mass is 484 g/mol. The van der Waals surface area contributed by atoms with E-state index in [1.165, 1.54) is 5.01 Å². The topological polar surface area (TPSA) is 109 Å². The molecule has 0 bridgehead atoms. The lowest BCUT2D eigenvalue weighted by Gasteiger charge is -2.18. The second kappa shape index (κ2) is 10.9. The number of nitrogens with zero attached hydrogens (tertiary/aromatic N) is 4. The standard InChI is InChI=1S/C19H22N4O2S.C2HF3O2/c1-13-12-26-19(22-13)10-23-8-16-15(11-25-17(16)9-23)4-5-24-18-3-2-14(6-20)7-21-18;3-2(4,5)1(6)7/h2-3,7,12,15-17H,4-5,8-11H2,1H3;(H,6,7)/t15-,16-,17-;/m0./s1. The van der Waals surface area contributed by atoms with Gasteiger partial charge >= 0.3 is 12.1 Å². The molecule has 3 atom stereocenters. The van der Waals surface area contributed by atoms with Gasteiger partial charge in [0.25, 0.3) is 0 Å². The number of hydrogen-bond donors (Lipinski definition) is 1. The van der Waals surface area contributed by atoms with Crippen LogP contribution < -0.4 is 4.74 Å². The Hall–Kier alpha value is -2.75. The van der Waals surface area contributed by atoms with Crippen LogP contribution in [0.15, 0.2) is 23.7 Å². The molecule has 2 aromatic rings. The maximum absolute atomic E-state index is 10.6. The van der Waals surface area contributed by atoms with Gasteiger partial charge in [-0.2, -0.15) is 18.4 Å². The average molecular weight is 485 g/mol. The Kier molecular flexibility index (Phi) is 8.23. The quantitative estimate of drug-likeness (QED) is 0.666. The van der Waals surface area contributed by atoms with E-state index in [0.29, 0.717) is 36.0 Å². The van der Waals surface area contributed by atoms with Crippen molar-refractivity contribution in [2.24, 2.45) is 11.8 Å². The molecule has 4 heterocycles. The number of carboxylic acids is 1. The molecule has 0 radical (unpaired) electrons. The van der Waals surface area contributed by atoms with E-state index in [9.17, 15) is 13.2 Å². The number of aromatic nitrogens is 2. The van der Waals surface area contributed by atoms with Gasteiger partial charge < -0.3 is 14.6 Å². The average Bonchev–Trinajstić information content (AvgIpc) is 3.45. The van der Waals surface area contributed by atoms with Gasteiger partial charge in [-0.3, -0.25) is 4.90 Å². The molecule has 1 N–H and O–H groups in total. The summed E-state index contributed by atoms with van der Waals surface area (Å²) in [6.07, 6.45) is -2.24. The molecule has 2 aromatic heterocycles. The van der Waals surface area contributed by atoms with Gasteiger partial charge in [0.15, 0.2) is 0 Å². The molecule has 0 aromatic carbocycles. The summed E-state index contributed by atoms with van der Waals surface area (Å²) < 4.78 is 43.5. The summed E-state index contributed by atoms with van der Waals surface area (Å²) in [5.41, 5.74) is 1.65. The number of aliphatic carboxylic acids is 1. The number of aryl methyl sites for hydroxylation is 1. The minimum absolute atomic E-state index is 0.342. The maximum Gasteiger partial charge on any atom is 0.490 e. The normalized spacial score (nSPS) is 22.2. The van der Waals surface area contributed by atoms with E-state index in [-0.39, 0.29) is 0 Å². The zero-order valence-corrected chi connectivity index (χ0v) is 18.6. The third kappa shape index (κ3) is 7.12. The number of carbonyl (C=O) groups is 1. The van der Waals surface area contributed by atoms with Crippen LogP contribution in [0.2, 0.25) is 0 Å². The zero-order chi connectivity index (χ0) is 24.0. The molecule has 2 fully saturated rings. The highest BCUT2D eigenvalue weighted by molar-refractivity contribution is 7.09. The van der Waals surface area contributed by atoms with Gasteiger partial charge in [0, 0.05) is 42.3 Å².